The zero-order valence-corrected chi connectivity index (χ0v) is 15.0. The summed E-state index contributed by atoms with van der Waals surface area (Å²) < 4.78 is 0. The van der Waals surface area contributed by atoms with Crippen molar-refractivity contribution in [3.8, 4) is 0 Å². The van der Waals surface area contributed by atoms with E-state index in [0.717, 1.165) is 25.4 Å². The second-order valence-electron chi connectivity index (χ2n) is 7.27. The molecule has 1 aromatic carbocycles. The van der Waals surface area contributed by atoms with Gasteiger partial charge in [-0.25, -0.2) is 0 Å². The molecule has 3 nitrogen and oxygen atoms in total. The van der Waals surface area contributed by atoms with Crippen molar-refractivity contribution in [2.45, 2.75) is 45.6 Å². The molecule has 0 aliphatic carbocycles. The molecule has 1 atom stereocenters. The van der Waals surface area contributed by atoms with Gasteiger partial charge in [0.05, 0.1) is 0 Å². The fraction of sp³-hybridized carbons (Fsp3) is 0.700. The highest BCUT2D eigenvalue weighted by atomic mass is 16.3. The van der Waals surface area contributed by atoms with E-state index in [2.05, 4.69) is 54.0 Å². The molecule has 3 heteroatoms. The first-order chi connectivity index (χ1) is 11.2. The third kappa shape index (κ3) is 6.62. The molecule has 0 amide bonds. The van der Waals surface area contributed by atoms with Crippen LogP contribution < -0.4 is 0 Å². The number of hydrogen-bond acceptors (Lipinski definition) is 3. The summed E-state index contributed by atoms with van der Waals surface area (Å²) >= 11 is 0. The fourth-order valence-corrected chi connectivity index (χ4v) is 3.45. The van der Waals surface area contributed by atoms with E-state index >= 15 is 0 Å². The first-order valence-electron chi connectivity index (χ1n) is 9.30. The Morgan fingerprint density at radius 3 is 2.61 bits per heavy atom. The Labute approximate surface area is 142 Å². The monoisotopic (exact) mass is 318 g/mol. The summed E-state index contributed by atoms with van der Waals surface area (Å²) in [5.74, 6) is 0.758. The minimum Gasteiger partial charge on any atom is -0.396 e. The molecule has 1 aliphatic rings. The Bertz CT molecular complexity index is 421. The van der Waals surface area contributed by atoms with Gasteiger partial charge in [-0.3, -0.25) is 4.90 Å². The van der Waals surface area contributed by atoms with E-state index in [1.54, 1.807) is 0 Å². The minimum atomic E-state index is 0.306. The number of hydrogen-bond donors (Lipinski definition) is 1. The average Bonchev–Trinajstić information content (AvgIpc) is 2.55. The minimum absolute atomic E-state index is 0.306. The lowest BCUT2D eigenvalue weighted by atomic mass is 10.0. The number of rotatable bonds is 9. The lowest BCUT2D eigenvalue weighted by molar-refractivity contribution is 0.0557. The molecule has 0 radical (unpaired) electrons. The number of aliphatic hydroxyl groups excluding tert-OH is 1. The van der Waals surface area contributed by atoms with Crippen molar-refractivity contribution in [1.29, 1.82) is 0 Å². The van der Waals surface area contributed by atoms with Crippen molar-refractivity contribution in [3.63, 3.8) is 0 Å². The normalized spacial score (nSPS) is 20.3. The van der Waals surface area contributed by atoms with Crippen LogP contribution in [-0.2, 0) is 6.42 Å². The van der Waals surface area contributed by atoms with Crippen LogP contribution in [0.25, 0.3) is 0 Å². The number of piperazine rings is 1. The SMILES string of the molecule is CC(C)CCN1CCN(CCCc2ccccc2)C[C@@H]1CCO. The Morgan fingerprint density at radius 2 is 1.91 bits per heavy atom. The van der Waals surface area contributed by atoms with Gasteiger partial charge >= 0.3 is 0 Å². The van der Waals surface area contributed by atoms with Crippen LogP contribution in [0.2, 0.25) is 0 Å². The lowest BCUT2D eigenvalue weighted by Crippen LogP contribution is -2.53. The molecule has 0 bridgehead atoms. The maximum absolute atomic E-state index is 9.38. The van der Waals surface area contributed by atoms with Gasteiger partial charge in [-0.05, 0) is 50.3 Å². The summed E-state index contributed by atoms with van der Waals surface area (Å²) in [4.78, 5) is 5.19. The summed E-state index contributed by atoms with van der Waals surface area (Å²) in [6.45, 7) is 10.7. The van der Waals surface area contributed by atoms with E-state index in [-0.39, 0.29) is 0 Å². The third-order valence-electron chi connectivity index (χ3n) is 4.93. The Hall–Kier alpha value is -0.900. The molecule has 0 saturated carbocycles. The summed E-state index contributed by atoms with van der Waals surface area (Å²) in [5, 5.41) is 9.38. The molecule has 1 saturated heterocycles. The highest BCUT2D eigenvalue weighted by molar-refractivity contribution is 5.14. The number of benzene rings is 1. The van der Waals surface area contributed by atoms with Crippen LogP contribution in [-0.4, -0.2) is 60.3 Å². The van der Waals surface area contributed by atoms with Crippen LogP contribution in [0.15, 0.2) is 30.3 Å². The molecule has 1 aromatic rings. The topological polar surface area (TPSA) is 26.7 Å². The molecular weight excluding hydrogens is 284 g/mol. The molecule has 23 heavy (non-hydrogen) atoms. The summed E-state index contributed by atoms with van der Waals surface area (Å²) in [7, 11) is 0. The maximum atomic E-state index is 9.38. The van der Waals surface area contributed by atoms with Crippen LogP contribution in [0.5, 0.6) is 0 Å². The predicted octanol–water partition coefficient (Wildman–Crippen LogP) is 3.03. The summed E-state index contributed by atoms with van der Waals surface area (Å²) in [6, 6.07) is 11.3. The van der Waals surface area contributed by atoms with Gasteiger partial charge in [-0.1, -0.05) is 44.2 Å². The molecule has 0 unspecified atom stereocenters. The van der Waals surface area contributed by atoms with Gasteiger partial charge in [-0.15, -0.1) is 0 Å². The highest BCUT2D eigenvalue weighted by Crippen LogP contribution is 2.16. The molecule has 0 spiro atoms. The first kappa shape index (κ1) is 18.4. The van der Waals surface area contributed by atoms with Gasteiger partial charge in [0.25, 0.3) is 0 Å². The van der Waals surface area contributed by atoms with Crippen molar-refractivity contribution in [1.82, 2.24) is 9.80 Å². The largest absolute Gasteiger partial charge is 0.396 e. The first-order valence-corrected chi connectivity index (χ1v) is 9.30. The standard InChI is InChI=1S/C20H34N2O/c1-18(2)10-13-22-15-14-21(17-20(22)11-16-23)12-6-9-19-7-4-3-5-8-19/h3-5,7-8,18,20,23H,6,9-17H2,1-2H3/t20-/m0/s1. The van der Waals surface area contributed by atoms with Crippen molar-refractivity contribution < 1.29 is 5.11 Å². The third-order valence-corrected chi connectivity index (χ3v) is 4.93. The molecule has 1 aliphatic heterocycles. The smallest absolute Gasteiger partial charge is 0.0446 e. The van der Waals surface area contributed by atoms with Crippen molar-refractivity contribution in [2.24, 2.45) is 5.92 Å². The second-order valence-corrected chi connectivity index (χ2v) is 7.27. The van der Waals surface area contributed by atoms with E-state index in [9.17, 15) is 5.11 Å². The van der Waals surface area contributed by atoms with Crippen LogP contribution >= 0.6 is 0 Å². The molecule has 2 rings (SSSR count). The highest BCUT2D eigenvalue weighted by Gasteiger charge is 2.25. The van der Waals surface area contributed by atoms with Crippen LogP contribution in [0.4, 0.5) is 0 Å². The van der Waals surface area contributed by atoms with E-state index in [1.807, 2.05) is 0 Å². The Morgan fingerprint density at radius 1 is 1.13 bits per heavy atom. The quantitative estimate of drug-likeness (QED) is 0.758. The van der Waals surface area contributed by atoms with Gasteiger partial charge in [-0.2, -0.15) is 0 Å². The van der Waals surface area contributed by atoms with Crippen molar-refractivity contribution >= 4 is 0 Å². The Balaban J connectivity index is 1.74. The van der Waals surface area contributed by atoms with Crippen molar-refractivity contribution in [3.05, 3.63) is 35.9 Å². The summed E-state index contributed by atoms with van der Waals surface area (Å²) in [5.41, 5.74) is 1.44. The molecule has 1 heterocycles. The molecule has 0 aromatic heterocycles. The van der Waals surface area contributed by atoms with Crippen LogP contribution in [0.1, 0.15) is 38.7 Å². The predicted molar refractivity (Wildman–Crippen MR) is 97.7 cm³/mol. The maximum Gasteiger partial charge on any atom is 0.0446 e. The fourth-order valence-electron chi connectivity index (χ4n) is 3.45. The van der Waals surface area contributed by atoms with Gasteiger partial charge in [0.15, 0.2) is 0 Å². The molecule has 1 fully saturated rings. The lowest BCUT2D eigenvalue weighted by Gasteiger charge is -2.41. The summed E-state index contributed by atoms with van der Waals surface area (Å²) in [6.07, 6.45) is 4.56. The zero-order valence-electron chi connectivity index (χ0n) is 15.0. The van der Waals surface area contributed by atoms with E-state index < -0.39 is 0 Å². The van der Waals surface area contributed by atoms with Crippen LogP contribution in [0.3, 0.4) is 0 Å². The van der Waals surface area contributed by atoms with E-state index in [4.69, 9.17) is 0 Å². The van der Waals surface area contributed by atoms with Gasteiger partial charge in [0, 0.05) is 32.3 Å². The van der Waals surface area contributed by atoms with Crippen LogP contribution in [0, 0.1) is 5.92 Å². The van der Waals surface area contributed by atoms with E-state index in [1.165, 1.54) is 44.5 Å². The average molecular weight is 319 g/mol. The Kier molecular flexibility index (Phi) is 8.07. The second kappa shape index (κ2) is 10.1. The van der Waals surface area contributed by atoms with Crippen molar-refractivity contribution in [2.75, 3.05) is 39.3 Å². The van der Waals surface area contributed by atoms with Gasteiger partial charge in [0.1, 0.15) is 0 Å². The van der Waals surface area contributed by atoms with Gasteiger partial charge < -0.3 is 10.0 Å². The number of aryl methyl sites for hydroxylation is 1. The number of nitrogens with zero attached hydrogens (tertiary/aromatic N) is 2. The van der Waals surface area contributed by atoms with E-state index in [0.29, 0.717) is 12.6 Å². The van der Waals surface area contributed by atoms with Gasteiger partial charge in [0.2, 0.25) is 0 Å². The number of aliphatic hydroxyl groups is 1. The molecule has 130 valence electrons. The molecule has 1 N–H and O–H groups in total. The molecular formula is C20H34N2O. The zero-order chi connectivity index (χ0) is 16.5.